The molecule has 0 aliphatic carbocycles. The summed E-state index contributed by atoms with van der Waals surface area (Å²) >= 11 is 9.04. The first-order chi connectivity index (χ1) is 14.6. The Labute approximate surface area is 189 Å². The topological polar surface area (TPSA) is 54.5 Å². The first-order valence-electron chi connectivity index (χ1n) is 10.0. The van der Waals surface area contributed by atoms with Crippen LogP contribution in [0.4, 0.5) is 0 Å². The predicted molar refractivity (Wildman–Crippen MR) is 123 cm³/mol. The van der Waals surface area contributed by atoms with E-state index in [-0.39, 0.29) is 11.9 Å². The highest BCUT2D eigenvalue weighted by Gasteiger charge is 2.25. The van der Waals surface area contributed by atoms with Crippen molar-refractivity contribution in [3.05, 3.63) is 67.3 Å². The maximum Gasteiger partial charge on any atom is 0.263 e. The van der Waals surface area contributed by atoms with E-state index in [4.69, 9.17) is 16.3 Å². The van der Waals surface area contributed by atoms with E-state index in [1.54, 1.807) is 23.5 Å². The second-order valence-electron chi connectivity index (χ2n) is 7.25. The Kier molecular flexibility index (Phi) is 7.04. The van der Waals surface area contributed by atoms with Crippen molar-refractivity contribution in [3.8, 4) is 5.75 Å². The molecule has 1 amide bonds. The number of carbonyl (C=O) groups is 1. The molecule has 5 nitrogen and oxygen atoms in total. The lowest BCUT2D eigenvalue weighted by molar-refractivity contribution is 0.0941. The Morgan fingerprint density at radius 2 is 2.03 bits per heavy atom. The number of carbonyl (C=O) groups excluding carboxylic acids is 1. The third-order valence-corrected chi connectivity index (χ3v) is 7.49. The van der Waals surface area contributed by atoms with Gasteiger partial charge in [-0.2, -0.15) is 0 Å². The summed E-state index contributed by atoms with van der Waals surface area (Å²) in [6, 6.07) is 11.7. The zero-order valence-corrected chi connectivity index (χ0v) is 19.2. The molecule has 0 spiro atoms. The number of likely N-dealkylation sites (tertiary alicyclic amines) is 1. The molecule has 0 radical (unpaired) electrons. The predicted octanol–water partition coefficient (Wildman–Crippen LogP) is 5.31. The molecule has 1 atom stereocenters. The maximum atomic E-state index is 12.9. The van der Waals surface area contributed by atoms with E-state index in [9.17, 15) is 4.79 Å². The van der Waals surface area contributed by atoms with Crippen molar-refractivity contribution < 1.29 is 9.53 Å². The zero-order valence-electron chi connectivity index (χ0n) is 16.8. The Hall–Kier alpha value is -1.93. The SMILES string of the molecule is Cc1nc(COc2ccc(Cl)cc2)sc1C(=O)NCC(c1cccs1)N1CCCC1. The number of hydrogen-bond acceptors (Lipinski definition) is 6. The molecular formula is C22H24ClN3O2S2. The molecule has 1 aliphatic heterocycles. The number of rotatable bonds is 8. The van der Waals surface area contributed by atoms with Crippen molar-refractivity contribution in [3.63, 3.8) is 0 Å². The van der Waals surface area contributed by atoms with Crippen LogP contribution in [0.3, 0.4) is 0 Å². The van der Waals surface area contributed by atoms with Crippen LogP contribution in [0.2, 0.25) is 5.02 Å². The molecule has 8 heteroatoms. The first-order valence-corrected chi connectivity index (χ1v) is 12.1. The van der Waals surface area contributed by atoms with Crippen LogP contribution in [0.15, 0.2) is 41.8 Å². The molecule has 3 aromatic rings. The lowest BCUT2D eigenvalue weighted by atomic mass is 10.2. The molecule has 1 fully saturated rings. The van der Waals surface area contributed by atoms with Crippen LogP contribution >= 0.6 is 34.3 Å². The Morgan fingerprint density at radius 3 is 2.73 bits per heavy atom. The highest BCUT2D eigenvalue weighted by Crippen LogP contribution is 2.28. The molecule has 4 rings (SSSR count). The molecule has 158 valence electrons. The third-order valence-electron chi connectivity index (χ3n) is 5.13. The fourth-order valence-corrected chi connectivity index (χ4v) is 5.50. The fraction of sp³-hybridized carbons (Fsp3) is 0.364. The normalized spacial score (nSPS) is 15.3. The van der Waals surface area contributed by atoms with Crippen LogP contribution in [0.25, 0.3) is 0 Å². The van der Waals surface area contributed by atoms with Gasteiger partial charge in [-0.25, -0.2) is 4.98 Å². The molecule has 0 bridgehead atoms. The molecule has 30 heavy (non-hydrogen) atoms. The molecule has 2 aromatic heterocycles. The van der Waals surface area contributed by atoms with Crippen molar-refractivity contribution in [1.29, 1.82) is 0 Å². The van der Waals surface area contributed by atoms with Gasteiger partial charge in [0.15, 0.2) is 0 Å². The standard InChI is InChI=1S/C22H24ClN3O2S2/c1-15-21(30-20(25-15)14-28-17-8-6-16(23)7-9-17)22(27)24-13-18(19-5-4-12-29-19)26-10-2-3-11-26/h4-9,12,18H,2-3,10-11,13-14H2,1H3,(H,24,27). The monoisotopic (exact) mass is 461 g/mol. The number of aromatic nitrogens is 1. The van der Waals surface area contributed by atoms with E-state index < -0.39 is 0 Å². The Bertz CT molecular complexity index is 967. The van der Waals surface area contributed by atoms with Gasteiger partial charge in [-0.1, -0.05) is 17.7 Å². The van der Waals surface area contributed by atoms with Crippen LogP contribution in [-0.2, 0) is 6.61 Å². The summed E-state index contributed by atoms with van der Waals surface area (Å²) in [7, 11) is 0. The van der Waals surface area contributed by atoms with Gasteiger partial charge in [0.05, 0.1) is 11.7 Å². The fourth-order valence-electron chi connectivity index (χ4n) is 3.61. The smallest absolute Gasteiger partial charge is 0.263 e. The third kappa shape index (κ3) is 5.21. The van der Waals surface area contributed by atoms with Gasteiger partial charge in [0.2, 0.25) is 0 Å². The number of nitrogens with one attached hydrogen (secondary N) is 1. The second-order valence-corrected chi connectivity index (χ2v) is 9.75. The molecule has 1 N–H and O–H groups in total. The number of thiophene rings is 1. The summed E-state index contributed by atoms with van der Waals surface area (Å²) in [5, 5.41) is 6.68. The quantitative estimate of drug-likeness (QED) is 0.493. The number of aryl methyl sites for hydroxylation is 1. The number of nitrogens with zero attached hydrogens (tertiary/aromatic N) is 2. The van der Waals surface area contributed by atoms with Crippen molar-refractivity contribution in [2.45, 2.75) is 32.4 Å². The summed E-state index contributed by atoms with van der Waals surface area (Å²) in [4.78, 5) is 21.8. The summed E-state index contributed by atoms with van der Waals surface area (Å²) < 4.78 is 5.76. The average molecular weight is 462 g/mol. The largest absolute Gasteiger partial charge is 0.486 e. The number of benzene rings is 1. The van der Waals surface area contributed by atoms with Crippen LogP contribution in [0.5, 0.6) is 5.75 Å². The molecule has 1 aliphatic rings. The number of halogens is 1. The minimum absolute atomic E-state index is 0.0662. The van der Waals surface area contributed by atoms with Crippen LogP contribution < -0.4 is 10.1 Å². The minimum atomic E-state index is -0.0662. The number of amides is 1. The van der Waals surface area contributed by atoms with E-state index in [0.29, 0.717) is 23.1 Å². The lowest BCUT2D eigenvalue weighted by Gasteiger charge is -2.26. The van der Waals surface area contributed by atoms with Gasteiger partial charge in [-0.3, -0.25) is 9.69 Å². The first kappa shape index (κ1) is 21.3. The summed E-state index contributed by atoms with van der Waals surface area (Å²) in [6.45, 7) is 4.97. The van der Waals surface area contributed by atoms with Gasteiger partial charge in [0.25, 0.3) is 5.91 Å². The van der Waals surface area contributed by atoms with Gasteiger partial charge >= 0.3 is 0 Å². The van der Waals surface area contributed by atoms with E-state index in [2.05, 4.69) is 32.7 Å². The summed E-state index contributed by atoms with van der Waals surface area (Å²) in [5.41, 5.74) is 0.737. The highest BCUT2D eigenvalue weighted by molar-refractivity contribution is 7.13. The van der Waals surface area contributed by atoms with Gasteiger partial charge in [-0.15, -0.1) is 22.7 Å². The molecule has 3 heterocycles. The number of hydrogen-bond donors (Lipinski definition) is 1. The van der Waals surface area contributed by atoms with Gasteiger partial charge in [0.1, 0.15) is 22.2 Å². The number of thiazole rings is 1. The minimum Gasteiger partial charge on any atom is -0.486 e. The lowest BCUT2D eigenvalue weighted by Crippen LogP contribution is -2.36. The average Bonchev–Trinajstić information content (AvgIpc) is 3.50. The maximum absolute atomic E-state index is 12.9. The van der Waals surface area contributed by atoms with E-state index in [1.165, 1.54) is 29.1 Å². The summed E-state index contributed by atoms with van der Waals surface area (Å²) in [5.74, 6) is 0.658. The van der Waals surface area contributed by atoms with Crippen molar-refractivity contribution >= 4 is 40.2 Å². The van der Waals surface area contributed by atoms with Gasteiger partial charge in [-0.05, 0) is 68.6 Å². The van der Waals surface area contributed by atoms with Crippen LogP contribution in [0.1, 0.15) is 44.1 Å². The Balaban J connectivity index is 1.37. The summed E-state index contributed by atoms with van der Waals surface area (Å²) in [6.07, 6.45) is 2.45. The Morgan fingerprint density at radius 1 is 1.27 bits per heavy atom. The van der Waals surface area contributed by atoms with E-state index in [1.807, 2.05) is 19.1 Å². The second kappa shape index (κ2) is 9.92. The number of ether oxygens (including phenoxy) is 1. The van der Waals surface area contributed by atoms with Gasteiger partial charge < -0.3 is 10.1 Å². The van der Waals surface area contributed by atoms with Crippen molar-refractivity contribution in [1.82, 2.24) is 15.2 Å². The highest BCUT2D eigenvalue weighted by atomic mass is 35.5. The van der Waals surface area contributed by atoms with Crippen LogP contribution in [-0.4, -0.2) is 35.4 Å². The molecule has 0 saturated carbocycles. The van der Waals surface area contributed by atoms with Crippen LogP contribution in [0, 0.1) is 6.92 Å². The molecule has 1 saturated heterocycles. The van der Waals surface area contributed by atoms with Crippen molar-refractivity contribution in [2.24, 2.45) is 0 Å². The van der Waals surface area contributed by atoms with E-state index in [0.717, 1.165) is 29.5 Å². The van der Waals surface area contributed by atoms with Gasteiger partial charge in [0, 0.05) is 16.4 Å². The molecule has 1 unspecified atom stereocenters. The zero-order chi connectivity index (χ0) is 20.9. The van der Waals surface area contributed by atoms with E-state index >= 15 is 0 Å². The molecular weight excluding hydrogens is 438 g/mol. The van der Waals surface area contributed by atoms with Crippen molar-refractivity contribution in [2.75, 3.05) is 19.6 Å². The molecule has 1 aromatic carbocycles.